The van der Waals surface area contributed by atoms with E-state index in [2.05, 4.69) is 49.6 Å². The molecule has 2 saturated carbocycles. The molecule has 1 aromatic carbocycles. The molecule has 0 spiro atoms. The number of fused-ring (bicyclic) bond motifs is 5. The molecule has 6 rings (SSSR count). The van der Waals surface area contributed by atoms with Gasteiger partial charge >= 0.3 is 0 Å². The molecule has 7 unspecified atom stereocenters. The van der Waals surface area contributed by atoms with Crippen LogP contribution in [0.1, 0.15) is 64.4 Å². The maximum Gasteiger partial charge on any atom is 0.246 e. The van der Waals surface area contributed by atoms with E-state index in [9.17, 15) is 0 Å². The van der Waals surface area contributed by atoms with Crippen LogP contribution in [-0.4, -0.2) is 23.4 Å². The Balaban J connectivity index is 0.985. The van der Waals surface area contributed by atoms with E-state index in [0.29, 0.717) is 17.8 Å². The van der Waals surface area contributed by atoms with Crippen LogP contribution >= 0.6 is 11.8 Å². The van der Waals surface area contributed by atoms with Gasteiger partial charge in [0.1, 0.15) is 6.10 Å². The number of benzene rings is 1. The van der Waals surface area contributed by atoms with E-state index < -0.39 is 5.79 Å². The summed E-state index contributed by atoms with van der Waals surface area (Å²) >= 11 is 2.02. The van der Waals surface area contributed by atoms with Gasteiger partial charge in [0.2, 0.25) is 5.79 Å². The lowest BCUT2D eigenvalue weighted by molar-refractivity contribution is -0.0431. The fraction of sp³-hybridized carbons (Fsp3) is 0.588. The minimum Gasteiger partial charge on any atom is -0.494 e. The van der Waals surface area contributed by atoms with E-state index in [1.807, 2.05) is 31.7 Å². The minimum atomic E-state index is -0.566. The van der Waals surface area contributed by atoms with Crippen LogP contribution in [0, 0.1) is 35.5 Å². The van der Waals surface area contributed by atoms with Crippen LogP contribution in [0.5, 0.6) is 11.5 Å². The van der Waals surface area contributed by atoms with Crippen LogP contribution < -0.4 is 9.47 Å². The molecule has 0 saturated heterocycles. The molecule has 7 atom stereocenters. The van der Waals surface area contributed by atoms with Crippen LogP contribution in [0.4, 0.5) is 0 Å². The third-order valence-electron chi connectivity index (χ3n) is 9.38. The summed E-state index contributed by atoms with van der Waals surface area (Å²) < 4.78 is 18.4. The lowest BCUT2D eigenvalue weighted by Gasteiger charge is -2.28. The molecule has 2 fully saturated rings. The van der Waals surface area contributed by atoms with E-state index in [-0.39, 0.29) is 6.10 Å². The number of rotatable bonds is 13. The summed E-state index contributed by atoms with van der Waals surface area (Å²) in [5.74, 6) is 8.44. The predicted octanol–water partition coefficient (Wildman–Crippen LogP) is 8.52. The standard InChI is InChI=1S/C34H44O3S/c1-22(30-18-25-8-11-27(30)16-25)7-13-29(35-23(2)31-19-26-9-12-28(31)17-26)21-38-15-5-6-24-10-14-32-33(20-24)37-34(3,4)36-32/h8-12,14,20,25-31H,1-2,5-7,13,15-19,21H2,3-4H3. The Kier molecular flexibility index (Phi) is 7.46. The summed E-state index contributed by atoms with van der Waals surface area (Å²) in [4.78, 5) is 0. The third kappa shape index (κ3) is 5.76. The smallest absolute Gasteiger partial charge is 0.246 e. The molecular formula is C34H44O3S. The molecule has 204 valence electrons. The van der Waals surface area contributed by atoms with Gasteiger partial charge in [-0.1, -0.05) is 49.1 Å². The maximum atomic E-state index is 6.66. The van der Waals surface area contributed by atoms with Gasteiger partial charge < -0.3 is 14.2 Å². The summed E-state index contributed by atoms with van der Waals surface area (Å²) in [5, 5.41) is 0. The molecule has 3 nitrogen and oxygen atoms in total. The highest BCUT2D eigenvalue weighted by Gasteiger charge is 2.39. The molecule has 4 heteroatoms. The van der Waals surface area contributed by atoms with E-state index in [1.54, 1.807) is 0 Å². The molecular weight excluding hydrogens is 488 g/mol. The molecule has 1 aromatic rings. The molecule has 4 aliphatic carbocycles. The maximum absolute atomic E-state index is 6.66. The Morgan fingerprint density at radius 3 is 2.37 bits per heavy atom. The second kappa shape index (κ2) is 10.8. The highest BCUT2D eigenvalue weighted by molar-refractivity contribution is 7.99. The summed E-state index contributed by atoms with van der Waals surface area (Å²) in [6.07, 6.45) is 19.4. The van der Waals surface area contributed by atoms with Crippen LogP contribution in [0.3, 0.4) is 0 Å². The lowest BCUT2D eigenvalue weighted by atomic mass is 9.85. The normalized spacial score (nSPS) is 31.7. The van der Waals surface area contributed by atoms with Crippen molar-refractivity contribution in [3.05, 3.63) is 72.6 Å². The van der Waals surface area contributed by atoms with Gasteiger partial charge in [-0.15, -0.1) is 0 Å². The average Bonchev–Trinajstić information content (AvgIpc) is 3.72. The van der Waals surface area contributed by atoms with Gasteiger partial charge in [0.15, 0.2) is 11.5 Å². The molecule has 1 heterocycles. The van der Waals surface area contributed by atoms with Crippen molar-refractivity contribution < 1.29 is 14.2 Å². The third-order valence-corrected chi connectivity index (χ3v) is 10.6. The number of allylic oxidation sites excluding steroid dienone is 6. The van der Waals surface area contributed by atoms with Gasteiger partial charge in [0.25, 0.3) is 0 Å². The molecule has 0 amide bonds. The molecule has 38 heavy (non-hydrogen) atoms. The van der Waals surface area contributed by atoms with Gasteiger partial charge in [-0.2, -0.15) is 11.8 Å². The fourth-order valence-electron chi connectivity index (χ4n) is 7.43. The zero-order valence-electron chi connectivity index (χ0n) is 23.2. The topological polar surface area (TPSA) is 27.7 Å². The number of aryl methyl sites for hydroxylation is 1. The number of ether oxygens (including phenoxy) is 3. The molecule has 5 aliphatic rings. The highest BCUT2D eigenvalue weighted by Crippen LogP contribution is 2.48. The van der Waals surface area contributed by atoms with Gasteiger partial charge in [0.05, 0.1) is 5.76 Å². The first-order valence-corrected chi connectivity index (χ1v) is 16.0. The summed E-state index contributed by atoms with van der Waals surface area (Å²) in [6, 6.07) is 6.36. The van der Waals surface area contributed by atoms with E-state index in [0.717, 1.165) is 72.2 Å². The fourth-order valence-corrected chi connectivity index (χ4v) is 8.44. The molecule has 1 aliphatic heterocycles. The average molecular weight is 533 g/mol. The molecule has 0 aromatic heterocycles. The van der Waals surface area contributed by atoms with Crippen molar-refractivity contribution in [2.45, 2.75) is 77.1 Å². The Bertz CT molecular complexity index is 1120. The predicted molar refractivity (Wildman–Crippen MR) is 157 cm³/mol. The van der Waals surface area contributed by atoms with Crippen LogP contribution in [-0.2, 0) is 11.2 Å². The summed E-state index contributed by atoms with van der Waals surface area (Å²) in [6.45, 7) is 12.9. The summed E-state index contributed by atoms with van der Waals surface area (Å²) in [5.41, 5.74) is 2.76. The van der Waals surface area contributed by atoms with Crippen molar-refractivity contribution in [3.63, 3.8) is 0 Å². The van der Waals surface area contributed by atoms with Crippen molar-refractivity contribution in [2.75, 3.05) is 11.5 Å². The largest absolute Gasteiger partial charge is 0.494 e. The monoisotopic (exact) mass is 532 g/mol. The van der Waals surface area contributed by atoms with Crippen molar-refractivity contribution in [3.8, 4) is 11.5 Å². The van der Waals surface area contributed by atoms with Gasteiger partial charge in [-0.25, -0.2) is 0 Å². The SMILES string of the molecule is C=C(CCC(CSCCCc1ccc2c(c1)OC(C)(C)O2)OC(=C)C1CC2C=CC1C2)C1CC2C=CC1C2. The van der Waals surface area contributed by atoms with E-state index in [4.69, 9.17) is 14.2 Å². The minimum absolute atomic E-state index is 0.217. The second-order valence-electron chi connectivity index (χ2n) is 12.7. The molecule has 0 radical (unpaired) electrons. The van der Waals surface area contributed by atoms with Crippen LogP contribution in [0.2, 0.25) is 0 Å². The number of hydrogen-bond donors (Lipinski definition) is 0. The number of thioether (sulfide) groups is 1. The Labute approximate surface area is 233 Å². The summed E-state index contributed by atoms with van der Waals surface area (Å²) in [7, 11) is 0. The van der Waals surface area contributed by atoms with Crippen molar-refractivity contribution >= 4 is 11.8 Å². The van der Waals surface area contributed by atoms with Gasteiger partial charge in [0, 0.05) is 25.5 Å². The Morgan fingerprint density at radius 2 is 1.68 bits per heavy atom. The van der Waals surface area contributed by atoms with Crippen molar-refractivity contribution in [1.82, 2.24) is 0 Å². The first kappa shape index (κ1) is 26.2. The van der Waals surface area contributed by atoms with E-state index in [1.165, 1.54) is 36.8 Å². The first-order valence-electron chi connectivity index (χ1n) is 14.8. The highest BCUT2D eigenvalue weighted by atomic mass is 32.2. The van der Waals surface area contributed by atoms with Crippen LogP contribution in [0.25, 0.3) is 0 Å². The second-order valence-corrected chi connectivity index (χ2v) is 13.9. The van der Waals surface area contributed by atoms with Crippen molar-refractivity contribution in [1.29, 1.82) is 0 Å². The Hall–Kier alpha value is -2.07. The van der Waals surface area contributed by atoms with E-state index >= 15 is 0 Å². The molecule has 0 N–H and O–H groups in total. The Morgan fingerprint density at radius 1 is 0.974 bits per heavy atom. The lowest BCUT2D eigenvalue weighted by Crippen LogP contribution is -2.29. The van der Waals surface area contributed by atoms with Crippen molar-refractivity contribution in [2.24, 2.45) is 35.5 Å². The zero-order chi connectivity index (χ0) is 26.3. The molecule has 4 bridgehead atoms. The number of hydrogen-bond acceptors (Lipinski definition) is 4. The quantitative estimate of drug-likeness (QED) is 0.145. The first-order chi connectivity index (χ1) is 18.3. The zero-order valence-corrected chi connectivity index (χ0v) is 24.0. The van der Waals surface area contributed by atoms with Gasteiger partial charge in [-0.3, -0.25) is 0 Å². The van der Waals surface area contributed by atoms with Crippen LogP contribution in [0.15, 0.2) is 67.0 Å². The van der Waals surface area contributed by atoms with Gasteiger partial charge in [-0.05, 0) is 104 Å².